The summed E-state index contributed by atoms with van der Waals surface area (Å²) < 4.78 is 7.44. The molecule has 1 N–H and O–H groups in total. The van der Waals surface area contributed by atoms with Gasteiger partial charge in [-0.05, 0) is 54.0 Å². The van der Waals surface area contributed by atoms with E-state index in [0.717, 1.165) is 16.9 Å². The quantitative estimate of drug-likeness (QED) is 0.562. The van der Waals surface area contributed by atoms with Gasteiger partial charge in [0.2, 0.25) is 5.78 Å². The number of carbonyl (C=O) groups excluding carboxylic acids is 2. The fourth-order valence-electron chi connectivity index (χ4n) is 5.22. The number of aryl methyl sites for hydroxylation is 1. The highest BCUT2D eigenvalue weighted by molar-refractivity contribution is 6.02. The molecule has 37 heavy (non-hydrogen) atoms. The molecule has 0 spiro atoms. The lowest BCUT2D eigenvalue weighted by atomic mass is 10.1. The van der Waals surface area contributed by atoms with Crippen LogP contribution in [0.25, 0.3) is 5.78 Å². The lowest BCUT2D eigenvalue weighted by Crippen LogP contribution is -2.59. The van der Waals surface area contributed by atoms with Crippen molar-refractivity contribution in [3.8, 4) is 0 Å². The molecule has 2 aliphatic rings. The maximum Gasteiger partial charge on any atom is 0.410 e. The van der Waals surface area contributed by atoms with Gasteiger partial charge in [0.15, 0.2) is 0 Å². The van der Waals surface area contributed by atoms with E-state index in [2.05, 4.69) is 25.2 Å². The van der Waals surface area contributed by atoms with Crippen LogP contribution < -0.4 is 15.1 Å². The summed E-state index contributed by atoms with van der Waals surface area (Å²) in [6.45, 7) is 13.5. The molecule has 0 unspecified atom stereocenters. The van der Waals surface area contributed by atoms with Gasteiger partial charge in [0.25, 0.3) is 0 Å². The fraction of sp³-hybridized carbons (Fsp3) is 0.500. The van der Waals surface area contributed by atoms with Gasteiger partial charge < -0.3 is 15.0 Å². The summed E-state index contributed by atoms with van der Waals surface area (Å²) in [6, 6.07) is 1.69. The Labute approximate surface area is 216 Å². The molecule has 3 amide bonds. The van der Waals surface area contributed by atoms with Crippen LogP contribution in [0.1, 0.15) is 45.9 Å². The number of nitrogens with zero attached hydrogens (tertiary/aromatic N) is 7. The van der Waals surface area contributed by atoms with Gasteiger partial charge in [-0.2, -0.15) is 0 Å². The van der Waals surface area contributed by atoms with Crippen molar-refractivity contribution in [2.24, 2.45) is 0 Å². The number of aromatic nitrogens is 4. The lowest BCUT2D eigenvalue weighted by molar-refractivity contribution is 0.00565. The van der Waals surface area contributed by atoms with Gasteiger partial charge in [0.05, 0.1) is 29.7 Å². The molecule has 0 saturated carbocycles. The molecule has 2 aliphatic heterocycles. The van der Waals surface area contributed by atoms with Gasteiger partial charge in [-0.25, -0.2) is 24.5 Å². The monoisotopic (exact) mass is 506 g/mol. The molecule has 11 nitrogen and oxygen atoms in total. The van der Waals surface area contributed by atoms with E-state index in [9.17, 15) is 9.59 Å². The van der Waals surface area contributed by atoms with Crippen molar-refractivity contribution in [3.63, 3.8) is 0 Å². The number of hydrogen-bond acceptors (Lipinski definition) is 7. The number of amides is 3. The van der Waals surface area contributed by atoms with Gasteiger partial charge >= 0.3 is 12.1 Å². The summed E-state index contributed by atoms with van der Waals surface area (Å²) in [7, 11) is 0. The minimum Gasteiger partial charge on any atom is -0.444 e. The van der Waals surface area contributed by atoms with E-state index in [0.29, 0.717) is 43.3 Å². The Morgan fingerprint density at radius 1 is 1.11 bits per heavy atom. The third-order valence-electron chi connectivity index (χ3n) is 6.64. The summed E-state index contributed by atoms with van der Waals surface area (Å²) in [4.78, 5) is 45.0. The van der Waals surface area contributed by atoms with Crippen molar-refractivity contribution in [2.45, 2.75) is 65.6 Å². The first-order valence-electron chi connectivity index (χ1n) is 12.6. The summed E-state index contributed by atoms with van der Waals surface area (Å²) >= 11 is 0. The standard InChI is InChI=1S/C26H34N8O3/c1-16-12-32-15-19(11-28-23(32)29-16)30-24(35)33-10-8-20-21(7-9-27-22(20)33)31-13-17(2)34(18(3)14-31)25(36)37-26(4,5)6/h7,9,11-12,15,17-18H,8,10,13-14H2,1-6H3,(H,30,35)/t17-,18+. The molecule has 1 saturated heterocycles. The van der Waals surface area contributed by atoms with E-state index < -0.39 is 5.60 Å². The van der Waals surface area contributed by atoms with Crippen molar-refractivity contribution in [2.75, 3.05) is 34.8 Å². The highest BCUT2D eigenvalue weighted by atomic mass is 16.6. The normalized spacial score (nSPS) is 19.8. The predicted molar refractivity (Wildman–Crippen MR) is 141 cm³/mol. The summed E-state index contributed by atoms with van der Waals surface area (Å²) in [5.41, 5.74) is 3.00. The SMILES string of the molecule is Cc1cn2cc(NC(=O)N3CCc4c(N5C[C@@H](C)N(C(=O)OC(C)(C)C)[C@@H](C)C5)ccnc43)cnc2n1. The fourth-order valence-corrected chi connectivity index (χ4v) is 5.22. The first kappa shape index (κ1) is 24.8. The van der Waals surface area contributed by atoms with Crippen molar-refractivity contribution >= 4 is 35.1 Å². The van der Waals surface area contributed by atoms with Crippen LogP contribution >= 0.6 is 0 Å². The van der Waals surface area contributed by atoms with Crippen LogP contribution in [0.4, 0.5) is 26.8 Å². The van der Waals surface area contributed by atoms with E-state index in [4.69, 9.17) is 4.74 Å². The topological polar surface area (TPSA) is 108 Å². The first-order chi connectivity index (χ1) is 17.5. The molecule has 11 heteroatoms. The zero-order valence-electron chi connectivity index (χ0n) is 22.2. The van der Waals surface area contributed by atoms with Crippen LogP contribution in [-0.4, -0.2) is 73.7 Å². The van der Waals surface area contributed by atoms with E-state index in [1.54, 1.807) is 27.9 Å². The van der Waals surface area contributed by atoms with Gasteiger partial charge in [0, 0.05) is 49.5 Å². The van der Waals surface area contributed by atoms with Gasteiger partial charge in [-0.15, -0.1) is 0 Å². The van der Waals surface area contributed by atoms with Crippen molar-refractivity contribution in [1.29, 1.82) is 0 Å². The number of urea groups is 1. The maximum atomic E-state index is 13.2. The third-order valence-corrected chi connectivity index (χ3v) is 6.64. The molecule has 1 fully saturated rings. The number of imidazole rings is 1. The maximum absolute atomic E-state index is 13.2. The van der Waals surface area contributed by atoms with Crippen LogP contribution in [0.3, 0.4) is 0 Å². The van der Waals surface area contributed by atoms with Crippen molar-refractivity contribution < 1.29 is 14.3 Å². The van der Waals surface area contributed by atoms with Crippen molar-refractivity contribution in [3.05, 3.63) is 42.1 Å². The molecular weight excluding hydrogens is 472 g/mol. The zero-order valence-corrected chi connectivity index (χ0v) is 22.2. The smallest absolute Gasteiger partial charge is 0.410 e. The van der Waals surface area contributed by atoms with Gasteiger partial charge in [-0.1, -0.05) is 0 Å². The molecule has 0 aromatic carbocycles. The number of nitrogens with one attached hydrogen (secondary N) is 1. The van der Waals surface area contributed by atoms with E-state index >= 15 is 0 Å². The Morgan fingerprint density at radius 2 is 1.84 bits per heavy atom. The van der Waals surface area contributed by atoms with Gasteiger partial charge in [0.1, 0.15) is 11.4 Å². The first-order valence-corrected chi connectivity index (χ1v) is 12.6. The summed E-state index contributed by atoms with van der Waals surface area (Å²) in [6.07, 6.45) is 7.44. The summed E-state index contributed by atoms with van der Waals surface area (Å²) in [5, 5.41) is 2.94. The van der Waals surface area contributed by atoms with Crippen molar-refractivity contribution in [1.82, 2.24) is 24.3 Å². The molecule has 0 radical (unpaired) electrons. The van der Waals surface area contributed by atoms with E-state index in [1.807, 2.05) is 58.7 Å². The van der Waals surface area contributed by atoms with Gasteiger partial charge in [-0.3, -0.25) is 14.2 Å². The molecule has 0 aliphatic carbocycles. The number of hydrogen-bond donors (Lipinski definition) is 1. The van der Waals surface area contributed by atoms with Crippen LogP contribution in [0.5, 0.6) is 0 Å². The molecule has 2 atom stereocenters. The number of ether oxygens (including phenoxy) is 1. The van der Waals surface area contributed by atoms with E-state index in [1.165, 1.54) is 0 Å². The Kier molecular flexibility index (Phi) is 6.17. The Bertz CT molecular complexity index is 1340. The Balaban J connectivity index is 1.32. The number of carbonyl (C=O) groups is 2. The predicted octanol–water partition coefficient (Wildman–Crippen LogP) is 3.86. The number of pyridine rings is 1. The number of fused-ring (bicyclic) bond motifs is 2. The minimum absolute atomic E-state index is 0.0301. The molecule has 5 heterocycles. The molecular formula is C26H34N8O3. The molecule has 5 rings (SSSR count). The molecule has 3 aromatic rings. The molecule has 0 bridgehead atoms. The third kappa shape index (κ3) is 4.90. The molecule has 3 aromatic heterocycles. The van der Waals surface area contributed by atoms with E-state index in [-0.39, 0.29) is 24.2 Å². The highest BCUT2D eigenvalue weighted by Crippen LogP contribution is 2.36. The number of anilines is 3. The highest BCUT2D eigenvalue weighted by Gasteiger charge is 2.37. The lowest BCUT2D eigenvalue weighted by Gasteiger charge is -2.45. The second kappa shape index (κ2) is 9.20. The second-order valence-electron chi connectivity index (χ2n) is 10.9. The Hall–Kier alpha value is -3.89. The summed E-state index contributed by atoms with van der Waals surface area (Å²) in [5.74, 6) is 1.25. The molecule has 196 valence electrons. The minimum atomic E-state index is -0.539. The number of rotatable bonds is 2. The van der Waals surface area contributed by atoms with Crippen LogP contribution in [0.15, 0.2) is 30.9 Å². The average Bonchev–Trinajstić information content (AvgIpc) is 3.39. The number of piperazine rings is 1. The largest absolute Gasteiger partial charge is 0.444 e. The van der Waals surface area contributed by atoms with Crippen LogP contribution in [-0.2, 0) is 11.2 Å². The zero-order chi connectivity index (χ0) is 26.5. The van der Waals surface area contributed by atoms with Crippen LogP contribution in [0, 0.1) is 6.92 Å². The average molecular weight is 507 g/mol. The van der Waals surface area contributed by atoms with Crippen LogP contribution in [0.2, 0.25) is 0 Å². The Morgan fingerprint density at radius 3 is 2.54 bits per heavy atom. The second-order valence-corrected chi connectivity index (χ2v) is 10.9.